The van der Waals surface area contributed by atoms with Crippen molar-refractivity contribution < 1.29 is 0 Å². The predicted octanol–water partition coefficient (Wildman–Crippen LogP) is 0.500. The van der Waals surface area contributed by atoms with E-state index in [0.717, 1.165) is 25.7 Å². The molecular formula is C11H17N3O2. The Hall–Kier alpha value is -1.36. The van der Waals surface area contributed by atoms with E-state index < -0.39 is 0 Å². The van der Waals surface area contributed by atoms with Gasteiger partial charge < -0.3 is 5.73 Å². The lowest BCUT2D eigenvalue weighted by molar-refractivity contribution is 0.341. The molecule has 16 heavy (non-hydrogen) atoms. The van der Waals surface area contributed by atoms with Crippen LogP contribution in [0.2, 0.25) is 0 Å². The number of nitrogens with zero attached hydrogens (tertiary/aromatic N) is 1. The Morgan fingerprint density at radius 2 is 2.00 bits per heavy atom. The van der Waals surface area contributed by atoms with Gasteiger partial charge in [-0.3, -0.25) is 14.3 Å². The molecule has 2 rings (SSSR count). The third-order valence-electron chi connectivity index (χ3n) is 3.23. The fourth-order valence-electron chi connectivity index (χ4n) is 2.30. The van der Waals surface area contributed by atoms with Gasteiger partial charge in [0.15, 0.2) is 0 Å². The van der Waals surface area contributed by atoms with Crippen molar-refractivity contribution in [2.45, 2.75) is 44.7 Å². The van der Waals surface area contributed by atoms with Crippen molar-refractivity contribution in [1.29, 1.82) is 0 Å². The van der Waals surface area contributed by atoms with Crippen molar-refractivity contribution in [3.05, 3.63) is 32.6 Å². The van der Waals surface area contributed by atoms with Crippen LogP contribution in [-0.2, 0) is 6.54 Å². The van der Waals surface area contributed by atoms with E-state index in [1.54, 1.807) is 10.8 Å². The molecule has 3 N–H and O–H groups in total. The maximum Gasteiger partial charge on any atom is 0.328 e. The van der Waals surface area contributed by atoms with E-state index in [9.17, 15) is 9.59 Å². The summed E-state index contributed by atoms with van der Waals surface area (Å²) in [5.74, 6) is 0. The molecule has 1 aromatic heterocycles. The molecular weight excluding hydrogens is 206 g/mol. The average molecular weight is 223 g/mol. The summed E-state index contributed by atoms with van der Waals surface area (Å²) >= 11 is 0. The maximum atomic E-state index is 11.7. The Bertz CT molecular complexity index is 469. The number of nitrogens with one attached hydrogen (secondary N) is 1. The third-order valence-corrected chi connectivity index (χ3v) is 3.23. The SMILES string of the molecule is NCc1cn(C2CCCCC2)c(=O)[nH]c1=O. The van der Waals surface area contributed by atoms with E-state index in [0.29, 0.717) is 5.56 Å². The van der Waals surface area contributed by atoms with Gasteiger partial charge in [0.05, 0.1) is 0 Å². The van der Waals surface area contributed by atoms with Gasteiger partial charge in [-0.25, -0.2) is 4.79 Å². The number of aromatic nitrogens is 2. The van der Waals surface area contributed by atoms with Gasteiger partial charge in [-0.2, -0.15) is 0 Å². The Morgan fingerprint density at radius 3 is 2.62 bits per heavy atom. The number of rotatable bonds is 2. The minimum atomic E-state index is -0.362. The first-order chi connectivity index (χ1) is 7.72. The van der Waals surface area contributed by atoms with Gasteiger partial charge in [0.1, 0.15) is 0 Å². The fourth-order valence-corrected chi connectivity index (χ4v) is 2.30. The topological polar surface area (TPSA) is 80.9 Å². The minimum absolute atomic E-state index is 0.169. The minimum Gasteiger partial charge on any atom is -0.326 e. The molecule has 1 heterocycles. The van der Waals surface area contributed by atoms with Crippen LogP contribution < -0.4 is 17.0 Å². The average Bonchev–Trinajstić information content (AvgIpc) is 2.30. The zero-order valence-electron chi connectivity index (χ0n) is 9.24. The van der Waals surface area contributed by atoms with Crippen LogP contribution in [0.4, 0.5) is 0 Å². The standard InChI is InChI=1S/C11H17N3O2/c12-6-8-7-14(11(16)13-10(8)15)9-4-2-1-3-5-9/h7,9H,1-6,12H2,(H,13,15,16). The molecule has 88 valence electrons. The first-order valence-corrected chi connectivity index (χ1v) is 5.77. The first kappa shape index (κ1) is 11.1. The van der Waals surface area contributed by atoms with Crippen LogP contribution in [0, 0.1) is 0 Å². The monoisotopic (exact) mass is 223 g/mol. The van der Waals surface area contributed by atoms with E-state index in [4.69, 9.17) is 5.73 Å². The zero-order valence-corrected chi connectivity index (χ0v) is 9.24. The molecule has 0 radical (unpaired) electrons. The summed E-state index contributed by atoms with van der Waals surface area (Å²) in [7, 11) is 0. The van der Waals surface area contributed by atoms with Crippen molar-refractivity contribution >= 4 is 0 Å². The van der Waals surface area contributed by atoms with Gasteiger partial charge >= 0.3 is 5.69 Å². The summed E-state index contributed by atoms with van der Waals surface area (Å²) < 4.78 is 1.64. The Labute approximate surface area is 93.3 Å². The predicted molar refractivity (Wildman–Crippen MR) is 61.3 cm³/mol. The summed E-state index contributed by atoms with van der Waals surface area (Å²) in [6.07, 6.45) is 7.17. The third kappa shape index (κ3) is 2.09. The second kappa shape index (κ2) is 4.65. The van der Waals surface area contributed by atoms with E-state index in [1.807, 2.05) is 0 Å². The van der Waals surface area contributed by atoms with Crippen LogP contribution in [0.15, 0.2) is 15.8 Å². The van der Waals surface area contributed by atoms with Crippen molar-refractivity contribution in [2.75, 3.05) is 0 Å². The molecule has 0 saturated heterocycles. The van der Waals surface area contributed by atoms with E-state index in [-0.39, 0.29) is 23.8 Å². The van der Waals surface area contributed by atoms with E-state index in [2.05, 4.69) is 4.98 Å². The number of hydrogen-bond donors (Lipinski definition) is 2. The van der Waals surface area contributed by atoms with Crippen molar-refractivity contribution in [3.63, 3.8) is 0 Å². The largest absolute Gasteiger partial charge is 0.328 e. The molecule has 1 aliphatic rings. The quantitative estimate of drug-likeness (QED) is 0.766. The van der Waals surface area contributed by atoms with Crippen LogP contribution in [-0.4, -0.2) is 9.55 Å². The van der Waals surface area contributed by atoms with Crippen molar-refractivity contribution in [2.24, 2.45) is 5.73 Å². The first-order valence-electron chi connectivity index (χ1n) is 5.77. The highest BCUT2D eigenvalue weighted by atomic mass is 16.2. The normalized spacial score (nSPS) is 17.6. The summed E-state index contributed by atoms with van der Waals surface area (Å²) in [6.45, 7) is 0.169. The van der Waals surface area contributed by atoms with Crippen LogP contribution in [0.3, 0.4) is 0 Å². The fraction of sp³-hybridized carbons (Fsp3) is 0.636. The van der Waals surface area contributed by atoms with Crippen LogP contribution in [0.25, 0.3) is 0 Å². The molecule has 0 amide bonds. The highest BCUT2D eigenvalue weighted by molar-refractivity contribution is 5.04. The lowest BCUT2D eigenvalue weighted by Gasteiger charge is -2.23. The molecule has 1 fully saturated rings. The summed E-state index contributed by atoms with van der Waals surface area (Å²) in [6, 6.07) is 0.225. The van der Waals surface area contributed by atoms with Crippen LogP contribution >= 0.6 is 0 Å². The molecule has 0 spiro atoms. The molecule has 0 atom stereocenters. The van der Waals surface area contributed by atoms with Gasteiger partial charge in [0, 0.05) is 24.3 Å². The number of hydrogen-bond acceptors (Lipinski definition) is 3. The Balaban J connectivity index is 2.39. The smallest absolute Gasteiger partial charge is 0.326 e. The molecule has 0 aliphatic heterocycles. The maximum absolute atomic E-state index is 11.7. The summed E-state index contributed by atoms with van der Waals surface area (Å²) in [4.78, 5) is 25.4. The van der Waals surface area contributed by atoms with Crippen LogP contribution in [0.1, 0.15) is 43.7 Å². The highest BCUT2D eigenvalue weighted by Crippen LogP contribution is 2.26. The zero-order chi connectivity index (χ0) is 11.5. The second-order valence-corrected chi connectivity index (χ2v) is 4.32. The van der Waals surface area contributed by atoms with Gasteiger partial charge in [-0.1, -0.05) is 19.3 Å². The molecule has 0 unspecified atom stereocenters. The van der Waals surface area contributed by atoms with Gasteiger partial charge in [-0.15, -0.1) is 0 Å². The molecule has 0 bridgehead atoms. The van der Waals surface area contributed by atoms with Crippen molar-refractivity contribution in [3.8, 4) is 0 Å². The lowest BCUT2D eigenvalue weighted by Crippen LogP contribution is -2.35. The van der Waals surface area contributed by atoms with E-state index >= 15 is 0 Å². The van der Waals surface area contributed by atoms with Gasteiger partial charge in [0.2, 0.25) is 0 Å². The number of aromatic amines is 1. The molecule has 0 aromatic carbocycles. The highest BCUT2D eigenvalue weighted by Gasteiger charge is 2.17. The van der Waals surface area contributed by atoms with Gasteiger partial charge in [0.25, 0.3) is 5.56 Å². The Kier molecular flexibility index (Phi) is 3.24. The molecule has 1 saturated carbocycles. The lowest BCUT2D eigenvalue weighted by atomic mass is 9.95. The van der Waals surface area contributed by atoms with Crippen LogP contribution in [0.5, 0.6) is 0 Å². The second-order valence-electron chi connectivity index (χ2n) is 4.32. The molecule has 1 aliphatic carbocycles. The van der Waals surface area contributed by atoms with Crippen molar-refractivity contribution in [1.82, 2.24) is 9.55 Å². The van der Waals surface area contributed by atoms with Gasteiger partial charge in [-0.05, 0) is 12.8 Å². The summed E-state index contributed by atoms with van der Waals surface area (Å²) in [5.41, 5.74) is 5.27. The van der Waals surface area contributed by atoms with E-state index in [1.165, 1.54) is 6.42 Å². The molecule has 5 nitrogen and oxygen atoms in total. The molecule has 1 aromatic rings. The number of nitrogens with two attached hydrogens (primary N) is 1. The molecule has 5 heteroatoms. The number of H-pyrrole nitrogens is 1. The summed E-state index contributed by atoms with van der Waals surface area (Å²) in [5, 5.41) is 0. The Morgan fingerprint density at radius 1 is 1.31 bits per heavy atom.